The molecule has 0 amide bonds. The van der Waals surface area contributed by atoms with Crippen LogP contribution in [0.2, 0.25) is 0 Å². The SMILES string of the molecule is Cc1oc(-c2ccccc2)nc1CN1CCc2ncnc(N(C)C)c2C1. The highest BCUT2D eigenvalue weighted by Crippen LogP contribution is 2.27. The lowest BCUT2D eigenvalue weighted by Gasteiger charge is -2.29. The van der Waals surface area contributed by atoms with E-state index in [-0.39, 0.29) is 0 Å². The maximum Gasteiger partial charge on any atom is 0.226 e. The van der Waals surface area contributed by atoms with Crippen molar-refractivity contribution in [2.45, 2.75) is 26.4 Å². The molecule has 0 saturated heterocycles. The summed E-state index contributed by atoms with van der Waals surface area (Å²) in [5.41, 5.74) is 4.37. The van der Waals surface area contributed by atoms with Gasteiger partial charge in [-0.05, 0) is 19.1 Å². The van der Waals surface area contributed by atoms with Crippen LogP contribution in [0.4, 0.5) is 5.82 Å². The molecule has 0 unspecified atom stereocenters. The summed E-state index contributed by atoms with van der Waals surface area (Å²) < 4.78 is 5.90. The zero-order valence-corrected chi connectivity index (χ0v) is 15.4. The Kier molecular flexibility index (Phi) is 4.42. The Labute approximate surface area is 153 Å². The fourth-order valence-electron chi connectivity index (χ4n) is 3.39. The molecule has 6 nitrogen and oxygen atoms in total. The van der Waals surface area contributed by atoms with Crippen molar-refractivity contribution in [1.82, 2.24) is 19.9 Å². The van der Waals surface area contributed by atoms with E-state index in [1.54, 1.807) is 6.33 Å². The van der Waals surface area contributed by atoms with Crippen molar-refractivity contribution >= 4 is 5.82 Å². The molecule has 0 spiro atoms. The molecule has 1 aliphatic heterocycles. The van der Waals surface area contributed by atoms with Crippen molar-refractivity contribution < 1.29 is 4.42 Å². The second kappa shape index (κ2) is 6.88. The number of aromatic nitrogens is 3. The molecule has 0 saturated carbocycles. The average molecular weight is 349 g/mol. The van der Waals surface area contributed by atoms with E-state index in [9.17, 15) is 0 Å². The van der Waals surface area contributed by atoms with Crippen molar-refractivity contribution in [3.05, 3.63) is 59.4 Å². The highest BCUT2D eigenvalue weighted by molar-refractivity contribution is 5.53. The lowest BCUT2D eigenvalue weighted by atomic mass is 10.1. The zero-order chi connectivity index (χ0) is 18.1. The van der Waals surface area contributed by atoms with E-state index in [0.717, 1.165) is 54.6 Å². The van der Waals surface area contributed by atoms with E-state index >= 15 is 0 Å². The Hall–Kier alpha value is -2.73. The minimum Gasteiger partial charge on any atom is -0.441 e. The van der Waals surface area contributed by atoms with Crippen LogP contribution in [0.5, 0.6) is 0 Å². The van der Waals surface area contributed by atoms with Gasteiger partial charge in [-0.1, -0.05) is 18.2 Å². The van der Waals surface area contributed by atoms with Gasteiger partial charge in [0.25, 0.3) is 0 Å². The molecule has 0 fully saturated rings. The summed E-state index contributed by atoms with van der Waals surface area (Å²) >= 11 is 0. The van der Waals surface area contributed by atoms with Gasteiger partial charge in [0.15, 0.2) is 0 Å². The Bertz CT molecular complexity index is 904. The average Bonchev–Trinajstić information content (AvgIpc) is 3.02. The van der Waals surface area contributed by atoms with E-state index in [1.807, 2.05) is 51.4 Å². The number of hydrogen-bond acceptors (Lipinski definition) is 6. The number of aryl methyl sites for hydroxylation is 1. The van der Waals surface area contributed by atoms with Gasteiger partial charge in [-0.15, -0.1) is 0 Å². The van der Waals surface area contributed by atoms with Gasteiger partial charge in [0, 0.05) is 51.3 Å². The maximum absolute atomic E-state index is 5.90. The van der Waals surface area contributed by atoms with Crippen LogP contribution in [-0.2, 0) is 19.5 Å². The number of hydrogen-bond donors (Lipinski definition) is 0. The molecule has 0 bridgehead atoms. The van der Waals surface area contributed by atoms with Crippen molar-refractivity contribution in [3.8, 4) is 11.5 Å². The van der Waals surface area contributed by atoms with Gasteiger partial charge < -0.3 is 9.32 Å². The third-order valence-corrected chi connectivity index (χ3v) is 4.77. The second-order valence-corrected chi connectivity index (χ2v) is 6.87. The van der Waals surface area contributed by atoms with Crippen LogP contribution >= 0.6 is 0 Å². The molecule has 1 aliphatic rings. The van der Waals surface area contributed by atoms with Crippen LogP contribution in [0.15, 0.2) is 41.1 Å². The first-order valence-corrected chi connectivity index (χ1v) is 8.86. The van der Waals surface area contributed by atoms with Gasteiger partial charge in [-0.3, -0.25) is 4.90 Å². The molecule has 4 rings (SSSR count). The quantitative estimate of drug-likeness (QED) is 0.721. The molecule has 0 radical (unpaired) electrons. The fourth-order valence-corrected chi connectivity index (χ4v) is 3.39. The van der Waals surface area contributed by atoms with Gasteiger partial charge in [0.1, 0.15) is 17.9 Å². The summed E-state index contributed by atoms with van der Waals surface area (Å²) in [7, 11) is 4.05. The summed E-state index contributed by atoms with van der Waals surface area (Å²) in [6.45, 7) is 4.55. The highest BCUT2D eigenvalue weighted by atomic mass is 16.4. The smallest absolute Gasteiger partial charge is 0.226 e. The first-order valence-electron chi connectivity index (χ1n) is 8.86. The molecule has 0 atom stereocenters. The monoisotopic (exact) mass is 349 g/mol. The largest absolute Gasteiger partial charge is 0.441 e. The molecule has 3 heterocycles. The van der Waals surface area contributed by atoms with Crippen LogP contribution in [0.25, 0.3) is 11.5 Å². The van der Waals surface area contributed by atoms with Gasteiger partial charge in [0.2, 0.25) is 5.89 Å². The molecule has 6 heteroatoms. The molecule has 2 aromatic heterocycles. The van der Waals surface area contributed by atoms with Crippen LogP contribution in [0.3, 0.4) is 0 Å². The Morgan fingerprint density at radius 1 is 1.15 bits per heavy atom. The molecule has 1 aromatic carbocycles. The number of fused-ring (bicyclic) bond motifs is 1. The minimum absolute atomic E-state index is 0.688. The highest BCUT2D eigenvalue weighted by Gasteiger charge is 2.23. The second-order valence-electron chi connectivity index (χ2n) is 6.87. The summed E-state index contributed by atoms with van der Waals surface area (Å²) in [4.78, 5) is 18.1. The van der Waals surface area contributed by atoms with Crippen LogP contribution in [0.1, 0.15) is 22.7 Å². The summed E-state index contributed by atoms with van der Waals surface area (Å²) in [5, 5.41) is 0. The van der Waals surface area contributed by atoms with E-state index in [4.69, 9.17) is 9.40 Å². The lowest BCUT2D eigenvalue weighted by molar-refractivity contribution is 0.239. The predicted octanol–water partition coefficient (Wildman–Crippen LogP) is 3.06. The van der Waals surface area contributed by atoms with E-state index in [0.29, 0.717) is 5.89 Å². The summed E-state index contributed by atoms with van der Waals surface area (Å²) in [5.74, 6) is 2.57. The molecule has 0 N–H and O–H groups in total. The first kappa shape index (κ1) is 16.7. The molecular formula is C20H23N5O. The molecular weight excluding hydrogens is 326 g/mol. The van der Waals surface area contributed by atoms with Gasteiger partial charge in [-0.2, -0.15) is 0 Å². The molecule has 26 heavy (non-hydrogen) atoms. The Morgan fingerprint density at radius 2 is 1.96 bits per heavy atom. The van der Waals surface area contributed by atoms with E-state index < -0.39 is 0 Å². The fraction of sp³-hybridized carbons (Fsp3) is 0.350. The number of anilines is 1. The van der Waals surface area contributed by atoms with Crippen molar-refractivity contribution in [3.63, 3.8) is 0 Å². The van der Waals surface area contributed by atoms with E-state index in [1.165, 1.54) is 5.56 Å². The lowest BCUT2D eigenvalue weighted by Crippen LogP contribution is -2.32. The van der Waals surface area contributed by atoms with Crippen molar-refractivity contribution in [2.24, 2.45) is 0 Å². The number of oxazole rings is 1. The molecule has 3 aromatic rings. The third-order valence-electron chi connectivity index (χ3n) is 4.77. The predicted molar refractivity (Wildman–Crippen MR) is 101 cm³/mol. The standard InChI is InChI=1S/C20H23N5O/c1-14-18(23-20(26-14)15-7-5-4-6-8-15)12-25-10-9-17-16(11-25)19(24(2)3)22-13-21-17/h4-8,13H,9-12H2,1-3H3. The summed E-state index contributed by atoms with van der Waals surface area (Å²) in [6.07, 6.45) is 2.60. The Morgan fingerprint density at radius 3 is 2.73 bits per heavy atom. The first-order chi connectivity index (χ1) is 12.6. The zero-order valence-electron chi connectivity index (χ0n) is 15.4. The van der Waals surface area contributed by atoms with Crippen LogP contribution in [0, 0.1) is 6.92 Å². The van der Waals surface area contributed by atoms with Gasteiger partial charge in [-0.25, -0.2) is 15.0 Å². The molecule has 0 aliphatic carbocycles. The normalized spacial score (nSPS) is 14.3. The minimum atomic E-state index is 0.688. The number of nitrogens with zero attached hydrogens (tertiary/aromatic N) is 5. The Balaban J connectivity index is 1.55. The number of rotatable bonds is 4. The maximum atomic E-state index is 5.90. The third kappa shape index (κ3) is 3.20. The van der Waals surface area contributed by atoms with Gasteiger partial charge in [0.05, 0.1) is 11.4 Å². The van der Waals surface area contributed by atoms with Crippen molar-refractivity contribution in [1.29, 1.82) is 0 Å². The summed E-state index contributed by atoms with van der Waals surface area (Å²) in [6, 6.07) is 10.0. The van der Waals surface area contributed by atoms with Gasteiger partial charge >= 0.3 is 0 Å². The van der Waals surface area contributed by atoms with Crippen LogP contribution < -0.4 is 4.90 Å². The molecule has 134 valence electrons. The topological polar surface area (TPSA) is 58.3 Å². The van der Waals surface area contributed by atoms with E-state index in [2.05, 4.69) is 19.8 Å². The number of benzene rings is 1. The van der Waals surface area contributed by atoms with Crippen molar-refractivity contribution in [2.75, 3.05) is 25.5 Å². The van der Waals surface area contributed by atoms with Crippen LogP contribution in [-0.4, -0.2) is 40.5 Å².